The quantitative estimate of drug-likeness (QED) is 0.673. The number of benzene rings is 1. The molecule has 6 heteroatoms. The summed E-state index contributed by atoms with van der Waals surface area (Å²) in [5.74, 6) is -0.173. The fourth-order valence-electron chi connectivity index (χ4n) is 2.80. The van der Waals surface area contributed by atoms with Crippen LogP contribution in [-0.2, 0) is 20.0 Å². The average molecular weight is 367 g/mol. The molecule has 0 N–H and O–H groups in total. The van der Waals surface area contributed by atoms with Crippen molar-refractivity contribution in [1.29, 1.82) is 0 Å². The molecule has 0 aliphatic rings. The highest BCUT2D eigenvalue weighted by molar-refractivity contribution is 7.09. The molecule has 3 aromatic rings. The van der Waals surface area contributed by atoms with Gasteiger partial charge in [0.05, 0.1) is 0 Å². The molecule has 0 spiro atoms. The van der Waals surface area contributed by atoms with Crippen LogP contribution >= 0.6 is 11.3 Å². The summed E-state index contributed by atoms with van der Waals surface area (Å²) in [6.45, 7) is 2.54. The van der Waals surface area contributed by atoms with Crippen LogP contribution in [0.3, 0.4) is 0 Å². The molecular formula is C20H21N3O2S. The highest BCUT2D eigenvalue weighted by Crippen LogP contribution is 2.18. The lowest BCUT2D eigenvalue weighted by atomic mass is 10.1. The number of hydrogen-bond donors (Lipinski definition) is 0. The minimum absolute atomic E-state index is 0.000361. The minimum Gasteiger partial charge on any atom is -0.330 e. The predicted octanol–water partition coefficient (Wildman–Crippen LogP) is 3.12. The molecule has 0 fully saturated rings. The maximum atomic E-state index is 13.1. The van der Waals surface area contributed by atoms with E-state index < -0.39 is 0 Å². The summed E-state index contributed by atoms with van der Waals surface area (Å²) in [4.78, 5) is 27.8. The third kappa shape index (κ3) is 4.26. The Morgan fingerprint density at radius 1 is 1.15 bits per heavy atom. The van der Waals surface area contributed by atoms with Crippen molar-refractivity contribution in [1.82, 2.24) is 14.7 Å². The van der Waals surface area contributed by atoms with Gasteiger partial charge in [0.1, 0.15) is 5.69 Å². The van der Waals surface area contributed by atoms with Crippen molar-refractivity contribution in [2.24, 2.45) is 7.05 Å². The molecule has 0 saturated heterocycles. The molecule has 1 atom stereocenters. The third-order valence-electron chi connectivity index (χ3n) is 4.24. The van der Waals surface area contributed by atoms with Crippen molar-refractivity contribution in [2.75, 3.05) is 0 Å². The van der Waals surface area contributed by atoms with E-state index in [9.17, 15) is 9.59 Å². The summed E-state index contributed by atoms with van der Waals surface area (Å²) in [7, 11) is 1.55. The largest absolute Gasteiger partial charge is 0.330 e. The summed E-state index contributed by atoms with van der Waals surface area (Å²) in [6.07, 6.45) is 0.780. The molecule has 0 bridgehead atoms. The van der Waals surface area contributed by atoms with Gasteiger partial charge in [-0.2, -0.15) is 5.10 Å². The van der Waals surface area contributed by atoms with E-state index in [2.05, 4.69) is 11.2 Å². The highest BCUT2D eigenvalue weighted by Gasteiger charge is 2.24. The first-order chi connectivity index (χ1) is 12.5. The normalized spacial score (nSPS) is 11.9. The highest BCUT2D eigenvalue weighted by atomic mass is 32.1. The zero-order chi connectivity index (χ0) is 18.5. The van der Waals surface area contributed by atoms with Gasteiger partial charge in [-0.3, -0.25) is 9.59 Å². The summed E-state index contributed by atoms with van der Waals surface area (Å²) < 4.78 is 1.19. The van der Waals surface area contributed by atoms with Gasteiger partial charge >= 0.3 is 0 Å². The lowest BCUT2D eigenvalue weighted by Gasteiger charge is -2.29. The Labute approximate surface area is 156 Å². The second-order valence-electron chi connectivity index (χ2n) is 6.23. The fourth-order valence-corrected chi connectivity index (χ4v) is 3.63. The molecule has 3 rings (SSSR count). The number of carbonyl (C=O) groups is 1. The second kappa shape index (κ2) is 8.10. The summed E-state index contributed by atoms with van der Waals surface area (Å²) in [5.41, 5.74) is 1.10. The van der Waals surface area contributed by atoms with Crippen molar-refractivity contribution in [3.8, 4) is 0 Å². The monoisotopic (exact) mass is 367 g/mol. The Kier molecular flexibility index (Phi) is 5.63. The smallest absolute Gasteiger partial charge is 0.274 e. The molecule has 0 aliphatic heterocycles. The van der Waals surface area contributed by atoms with Crippen molar-refractivity contribution in [2.45, 2.75) is 25.9 Å². The van der Waals surface area contributed by atoms with Crippen LogP contribution in [0, 0.1) is 0 Å². The number of hydrogen-bond acceptors (Lipinski definition) is 4. The number of carbonyl (C=O) groups excluding carboxylic acids is 1. The van der Waals surface area contributed by atoms with Gasteiger partial charge in [-0.15, -0.1) is 11.3 Å². The van der Waals surface area contributed by atoms with Crippen LogP contribution in [0.2, 0.25) is 0 Å². The van der Waals surface area contributed by atoms with E-state index in [0.717, 1.165) is 12.0 Å². The molecule has 2 aromatic heterocycles. The molecule has 1 aromatic carbocycles. The van der Waals surface area contributed by atoms with Crippen LogP contribution in [0.25, 0.3) is 0 Å². The fraction of sp³-hybridized carbons (Fsp3) is 0.250. The van der Waals surface area contributed by atoms with E-state index in [-0.39, 0.29) is 23.2 Å². The number of thiophene rings is 1. The molecule has 26 heavy (non-hydrogen) atoms. The van der Waals surface area contributed by atoms with Crippen LogP contribution in [0.5, 0.6) is 0 Å². The maximum absolute atomic E-state index is 13.1. The zero-order valence-corrected chi connectivity index (χ0v) is 15.6. The molecule has 0 unspecified atom stereocenters. The van der Waals surface area contributed by atoms with Gasteiger partial charge in [-0.25, -0.2) is 4.68 Å². The summed E-state index contributed by atoms with van der Waals surface area (Å²) >= 11 is 1.69. The second-order valence-corrected chi connectivity index (χ2v) is 7.26. The third-order valence-corrected chi connectivity index (χ3v) is 5.14. The SMILES string of the molecule is C[C@@H](Cc1cccs1)N(Cc1ccccc1)C(=O)c1ccc(=O)n(C)n1. The average Bonchev–Trinajstić information content (AvgIpc) is 3.15. The number of rotatable bonds is 6. The summed E-state index contributed by atoms with van der Waals surface area (Å²) in [6, 6.07) is 16.9. The Bertz CT molecular complexity index is 920. The minimum atomic E-state index is -0.234. The van der Waals surface area contributed by atoms with Crippen LogP contribution < -0.4 is 5.56 Å². The zero-order valence-electron chi connectivity index (χ0n) is 14.8. The van der Waals surface area contributed by atoms with E-state index in [1.54, 1.807) is 18.4 Å². The molecular weight excluding hydrogens is 346 g/mol. The molecule has 0 aliphatic carbocycles. The van der Waals surface area contributed by atoms with Gasteiger partial charge in [-0.1, -0.05) is 36.4 Å². The predicted molar refractivity (Wildman–Crippen MR) is 103 cm³/mol. The summed E-state index contributed by atoms with van der Waals surface area (Å²) in [5, 5.41) is 6.17. The Balaban J connectivity index is 1.89. The lowest BCUT2D eigenvalue weighted by Crippen LogP contribution is -2.40. The Hall–Kier alpha value is -2.73. The van der Waals surface area contributed by atoms with Crippen LogP contribution in [0.15, 0.2) is 64.8 Å². The van der Waals surface area contributed by atoms with Crippen molar-refractivity contribution < 1.29 is 4.79 Å². The first-order valence-corrected chi connectivity index (χ1v) is 9.34. The van der Waals surface area contributed by atoms with Gasteiger partial charge in [0.25, 0.3) is 11.5 Å². The van der Waals surface area contributed by atoms with Crippen molar-refractivity contribution >= 4 is 17.2 Å². The first kappa shape index (κ1) is 18.1. The van der Waals surface area contributed by atoms with E-state index >= 15 is 0 Å². The number of aryl methyl sites for hydroxylation is 1. The van der Waals surface area contributed by atoms with Gasteiger partial charge in [-0.05, 0) is 30.0 Å². The topological polar surface area (TPSA) is 55.2 Å². The van der Waals surface area contributed by atoms with Gasteiger partial charge < -0.3 is 4.90 Å². The number of aromatic nitrogens is 2. The molecule has 134 valence electrons. The van der Waals surface area contributed by atoms with Gasteiger partial charge in [0.2, 0.25) is 0 Å². The lowest BCUT2D eigenvalue weighted by molar-refractivity contribution is 0.0667. The molecule has 2 heterocycles. The number of amides is 1. The van der Waals surface area contributed by atoms with E-state index in [1.165, 1.54) is 21.7 Å². The molecule has 1 amide bonds. The standard InChI is InChI=1S/C20H21N3O2S/c1-15(13-17-9-6-12-26-17)23(14-16-7-4-3-5-8-16)20(25)18-10-11-19(24)22(2)21-18/h3-12,15H,13-14H2,1-2H3/t15-/m0/s1. The van der Waals surface area contributed by atoms with Gasteiger partial charge in [0, 0.05) is 37.0 Å². The van der Waals surface area contributed by atoms with Crippen molar-refractivity contribution in [3.05, 3.63) is 86.5 Å². The molecule has 5 nitrogen and oxygen atoms in total. The first-order valence-electron chi connectivity index (χ1n) is 8.46. The van der Waals surface area contributed by atoms with Crippen LogP contribution in [0.1, 0.15) is 27.9 Å². The van der Waals surface area contributed by atoms with Gasteiger partial charge in [0.15, 0.2) is 0 Å². The Morgan fingerprint density at radius 3 is 2.58 bits per heavy atom. The van der Waals surface area contributed by atoms with Crippen molar-refractivity contribution in [3.63, 3.8) is 0 Å². The van der Waals surface area contributed by atoms with Crippen LogP contribution in [0.4, 0.5) is 0 Å². The Morgan fingerprint density at radius 2 is 1.92 bits per heavy atom. The molecule has 0 radical (unpaired) electrons. The maximum Gasteiger partial charge on any atom is 0.274 e. The van der Waals surface area contributed by atoms with Crippen LogP contribution in [-0.4, -0.2) is 26.6 Å². The van der Waals surface area contributed by atoms with E-state index in [0.29, 0.717) is 6.54 Å². The number of nitrogens with zero attached hydrogens (tertiary/aromatic N) is 3. The van der Waals surface area contributed by atoms with E-state index in [1.807, 2.05) is 53.6 Å². The molecule has 0 saturated carbocycles. The van der Waals surface area contributed by atoms with E-state index in [4.69, 9.17) is 0 Å².